The van der Waals surface area contributed by atoms with E-state index < -0.39 is 17.9 Å². The van der Waals surface area contributed by atoms with E-state index >= 15 is 0 Å². The Morgan fingerprint density at radius 2 is 1.62 bits per heavy atom. The zero-order valence-corrected chi connectivity index (χ0v) is 21.1. The van der Waals surface area contributed by atoms with Gasteiger partial charge < -0.3 is 34.0 Å². The minimum absolute atomic E-state index is 0.140. The first-order chi connectivity index (χ1) is 18.0. The molecule has 0 spiro atoms. The molecule has 1 heterocycles. The molecular weight excluding hydrogens is 486 g/mol. The largest absolute Gasteiger partial charge is 0.382 e. The molecule has 1 aromatic rings. The van der Waals surface area contributed by atoms with Crippen LogP contribution in [0, 0.1) is 0 Å². The van der Waals surface area contributed by atoms with Gasteiger partial charge in [-0.3, -0.25) is 24.5 Å². The minimum Gasteiger partial charge on any atom is -0.382 e. The van der Waals surface area contributed by atoms with Gasteiger partial charge in [0.25, 0.3) is 5.91 Å². The van der Waals surface area contributed by atoms with Crippen molar-refractivity contribution in [3.05, 3.63) is 29.3 Å². The molecule has 2 rings (SSSR count). The Morgan fingerprint density at radius 1 is 1.00 bits per heavy atom. The molecule has 0 bridgehead atoms. The first kappa shape index (κ1) is 30.0. The molecule has 204 valence electrons. The number of imide groups is 1. The average Bonchev–Trinajstić information content (AvgIpc) is 2.90. The number of nitrogens with one attached hydrogen (secondary N) is 2. The number of rotatable bonds is 19. The van der Waals surface area contributed by atoms with Gasteiger partial charge in [0.05, 0.1) is 58.4 Å². The number of ether oxygens (including phenoxy) is 4. The molecule has 1 atom stereocenters. The molecule has 1 saturated heterocycles. The van der Waals surface area contributed by atoms with E-state index in [-0.39, 0.29) is 29.9 Å². The van der Waals surface area contributed by atoms with Gasteiger partial charge in [0, 0.05) is 37.7 Å². The van der Waals surface area contributed by atoms with Crippen LogP contribution in [0.1, 0.15) is 40.0 Å². The van der Waals surface area contributed by atoms with E-state index in [4.69, 9.17) is 18.9 Å². The second-order valence-electron chi connectivity index (χ2n) is 8.10. The number of benzene rings is 1. The second kappa shape index (κ2) is 17.3. The summed E-state index contributed by atoms with van der Waals surface area (Å²) in [6.45, 7) is 3.57. The molecule has 3 amide bonds. The molecule has 0 aliphatic carbocycles. The fraction of sp³-hybridized carbons (Fsp3) is 0.560. The van der Waals surface area contributed by atoms with Gasteiger partial charge in [0.15, 0.2) is 6.29 Å². The van der Waals surface area contributed by atoms with Crippen LogP contribution in [-0.4, -0.2) is 108 Å². The summed E-state index contributed by atoms with van der Waals surface area (Å²) in [7, 11) is 1.48. The van der Waals surface area contributed by atoms with Crippen molar-refractivity contribution in [2.75, 3.05) is 71.8 Å². The average molecular weight is 522 g/mol. The molecular formula is C25H35N3O9. The number of carbonyl (C=O) groups excluding carboxylic acids is 5. The van der Waals surface area contributed by atoms with Crippen LogP contribution < -0.4 is 10.6 Å². The Morgan fingerprint density at radius 3 is 2.22 bits per heavy atom. The molecule has 0 radical (unpaired) electrons. The van der Waals surface area contributed by atoms with Crippen molar-refractivity contribution >= 4 is 36.0 Å². The number of carbonyl (C=O) groups is 5. The molecule has 2 N–H and O–H groups in total. The summed E-state index contributed by atoms with van der Waals surface area (Å²) < 4.78 is 21.5. The Hall–Kier alpha value is -3.19. The predicted octanol–water partition coefficient (Wildman–Crippen LogP) is 0.444. The van der Waals surface area contributed by atoms with E-state index in [2.05, 4.69) is 10.6 Å². The Bertz CT molecular complexity index is 909. The highest BCUT2D eigenvalue weighted by atomic mass is 16.6. The third kappa shape index (κ3) is 10.4. The van der Waals surface area contributed by atoms with Gasteiger partial charge in [-0.2, -0.15) is 0 Å². The van der Waals surface area contributed by atoms with Gasteiger partial charge in [0.2, 0.25) is 11.8 Å². The van der Waals surface area contributed by atoms with Gasteiger partial charge in [0.1, 0.15) is 12.3 Å². The minimum atomic E-state index is -0.798. The monoisotopic (exact) mass is 521 g/mol. The quantitative estimate of drug-likeness (QED) is 0.149. The normalized spacial score (nSPS) is 15.2. The maximum Gasteiger partial charge on any atom is 0.257 e. The van der Waals surface area contributed by atoms with Crippen molar-refractivity contribution < 1.29 is 42.9 Å². The van der Waals surface area contributed by atoms with Crippen LogP contribution in [0.4, 0.5) is 5.69 Å². The predicted molar refractivity (Wildman–Crippen MR) is 133 cm³/mol. The van der Waals surface area contributed by atoms with E-state index in [9.17, 15) is 24.0 Å². The summed E-state index contributed by atoms with van der Waals surface area (Å²) in [5.41, 5.74) is 0.793. The second-order valence-corrected chi connectivity index (χ2v) is 8.10. The standard InChI is InChI=1S/C25H35N3O9/c1-28(21-6-7-22(31)27-24(21)32)25(33)23-19(18-30)4-2-5-20(23)26-8-11-35-13-15-37-17-16-36-14-12-34-10-3-9-29/h2,4-5,9,18,21,26H,3,6-8,10-17H2,1H3,(H,27,31,32). The molecule has 1 aliphatic rings. The van der Waals surface area contributed by atoms with E-state index in [1.165, 1.54) is 18.0 Å². The number of likely N-dealkylation sites (N-methyl/N-ethyl adjacent to an activating group) is 1. The SMILES string of the molecule is CN(C(=O)c1c(C=O)cccc1NCCOCCOCCOCCOCCC=O)C1CCC(=O)NC1=O. The summed E-state index contributed by atoms with van der Waals surface area (Å²) in [5, 5.41) is 5.35. The zero-order chi connectivity index (χ0) is 26.9. The smallest absolute Gasteiger partial charge is 0.257 e. The fourth-order valence-electron chi connectivity index (χ4n) is 3.58. The molecule has 0 saturated carbocycles. The van der Waals surface area contributed by atoms with Crippen molar-refractivity contribution in [2.45, 2.75) is 25.3 Å². The molecule has 1 aliphatic heterocycles. The number of aldehydes is 2. The van der Waals surface area contributed by atoms with Gasteiger partial charge in [-0.15, -0.1) is 0 Å². The van der Waals surface area contributed by atoms with Crippen LogP contribution >= 0.6 is 0 Å². The summed E-state index contributed by atoms with van der Waals surface area (Å²) in [4.78, 5) is 59.9. The summed E-state index contributed by atoms with van der Waals surface area (Å²) >= 11 is 0. The van der Waals surface area contributed by atoms with Crippen molar-refractivity contribution in [1.82, 2.24) is 10.2 Å². The lowest BCUT2D eigenvalue weighted by molar-refractivity contribution is -0.136. The zero-order valence-electron chi connectivity index (χ0n) is 21.1. The van der Waals surface area contributed by atoms with E-state index in [0.29, 0.717) is 77.8 Å². The number of anilines is 1. The number of hydrogen-bond acceptors (Lipinski definition) is 10. The Labute approximate surface area is 215 Å². The molecule has 1 aromatic carbocycles. The number of piperidine rings is 1. The topological polar surface area (TPSA) is 150 Å². The summed E-state index contributed by atoms with van der Waals surface area (Å²) in [6, 6.07) is 4.06. The fourth-order valence-corrected chi connectivity index (χ4v) is 3.58. The van der Waals surface area contributed by atoms with Crippen molar-refractivity contribution in [3.63, 3.8) is 0 Å². The molecule has 0 aromatic heterocycles. The summed E-state index contributed by atoms with van der Waals surface area (Å²) in [6.07, 6.45) is 2.14. The molecule has 1 fully saturated rings. The van der Waals surface area contributed by atoms with Gasteiger partial charge in [-0.1, -0.05) is 12.1 Å². The molecule has 12 heteroatoms. The molecule has 12 nitrogen and oxygen atoms in total. The third-order valence-electron chi connectivity index (χ3n) is 5.49. The number of nitrogens with zero attached hydrogens (tertiary/aromatic N) is 1. The van der Waals surface area contributed by atoms with Crippen LogP contribution in [0.15, 0.2) is 18.2 Å². The van der Waals surface area contributed by atoms with Crippen molar-refractivity contribution in [1.29, 1.82) is 0 Å². The maximum atomic E-state index is 13.2. The highest BCUT2D eigenvalue weighted by molar-refractivity contribution is 6.08. The third-order valence-corrected chi connectivity index (χ3v) is 5.49. The maximum absolute atomic E-state index is 13.2. The summed E-state index contributed by atoms with van der Waals surface area (Å²) in [5.74, 6) is -1.40. The Kier molecular flexibility index (Phi) is 14.0. The van der Waals surface area contributed by atoms with E-state index in [1.807, 2.05) is 0 Å². The van der Waals surface area contributed by atoms with E-state index in [1.54, 1.807) is 12.1 Å². The van der Waals surface area contributed by atoms with Gasteiger partial charge in [-0.05, 0) is 12.5 Å². The van der Waals surface area contributed by atoms with E-state index in [0.717, 1.165) is 6.29 Å². The number of hydrogen-bond donors (Lipinski definition) is 2. The molecule has 37 heavy (non-hydrogen) atoms. The highest BCUT2D eigenvalue weighted by Gasteiger charge is 2.34. The molecule has 1 unspecified atom stereocenters. The van der Waals surface area contributed by atoms with Crippen LogP contribution in [0.25, 0.3) is 0 Å². The lowest BCUT2D eigenvalue weighted by Gasteiger charge is -2.30. The van der Waals surface area contributed by atoms with Crippen molar-refractivity contribution in [3.8, 4) is 0 Å². The van der Waals surface area contributed by atoms with Crippen LogP contribution in [0.3, 0.4) is 0 Å². The highest BCUT2D eigenvalue weighted by Crippen LogP contribution is 2.23. The lowest BCUT2D eigenvalue weighted by atomic mass is 10.0. The Balaban J connectivity index is 1.70. The van der Waals surface area contributed by atoms with Gasteiger partial charge >= 0.3 is 0 Å². The number of amides is 3. The van der Waals surface area contributed by atoms with Crippen LogP contribution in [0.5, 0.6) is 0 Å². The van der Waals surface area contributed by atoms with Crippen molar-refractivity contribution in [2.24, 2.45) is 0 Å². The first-order valence-corrected chi connectivity index (χ1v) is 12.2. The van der Waals surface area contributed by atoms with Crippen LogP contribution in [0.2, 0.25) is 0 Å². The van der Waals surface area contributed by atoms with Crippen LogP contribution in [-0.2, 0) is 33.3 Å². The first-order valence-electron chi connectivity index (χ1n) is 12.2. The lowest BCUT2D eigenvalue weighted by Crippen LogP contribution is -2.53. The van der Waals surface area contributed by atoms with Gasteiger partial charge in [-0.25, -0.2) is 0 Å².